The highest BCUT2D eigenvalue weighted by atomic mass is 127. The number of carbonyl (C=O) groups is 1. The number of halogens is 1. The number of aromatic nitrogens is 2. The van der Waals surface area contributed by atoms with Crippen LogP contribution in [0.5, 0.6) is 0 Å². The van der Waals surface area contributed by atoms with Gasteiger partial charge in [-0.25, -0.2) is 0 Å². The highest BCUT2D eigenvalue weighted by molar-refractivity contribution is 14.1. The Balaban J connectivity index is 2.06. The first-order valence-corrected chi connectivity index (χ1v) is 7.69. The largest absolute Gasteiger partial charge is 0.305 e. The molecule has 1 amide bonds. The van der Waals surface area contributed by atoms with Crippen LogP contribution in [0.2, 0.25) is 0 Å². The molecule has 0 N–H and O–H groups in total. The van der Waals surface area contributed by atoms with E-state index in [1.807, 2.05) is 15.6 Å². The van der Waals surface area contributed by atoms with E-state index in [-0.39, 0.29) is 11.9 Å². The third-order valence-electron chi connectivity index (χ3n) is 3.87. The Kier molecular flexibility index (Phi) is 3.32. The van der Waals surface area contributed by atoms with Crippen LogP contribution in [0.1, 0.15) is 34.6 Å². The lowest BCUT2D eigenvalue weighted by atomic mass is 10.1. The second-order valence-corrected chi connectivity index (χ2v) is 6.48. The molecule has 0 saturated heterocycles. The summed E-state index contributed by atoms with van der Waals surface area (Å²) in [6.07, 6.45) is 1.76. The number of rotatable bonds is 1. The summed E-state index contributed by atoms with van der Waals surface area (Å²) in [6, 6.07) is 6.36. The molecule has 5 heteroatoms. The van der Waals surface area contributed by atoms with Gasteiger partial charge in [-0.1, -0.05) is 6.07 Å². The molecule has 0 aliphatic carbocycles. The van der Waals surface area contributed by atoms with Gasteiger partial charge in [-0.2, -0.15) is 5.10 Å². The van der Waals surface area contributed by atoms with E-state index < -0.39 is 0 Å². The Morgan fingerprint density at radius 3 is 2.75 bits per heavy atom. The third kappa shape index (κ3) is 2.04. The minimum atomic E-state index is 0.0354. The summed E-state index contributed by atoms with van der Waals surface area (Å²) >= 11 is 2.17. The Hall–Kier alpha value is -1.37. The summed E-state index contributed by atoms with van der Waals surface area (Å²) in [5.74, 6) is 0.0354. The van der Waals surface area contributed by atoms with Crippen LogP contribution >= 0.6 is 22.6 Å². The molecule has 0 saturated carbocycles. The fraction of sp³-hybridized carbons (Fsp3) is 0.333. The maximum absolute atomic E-state index is 12.7. The van der Waals surface area contributed by atoms with Crippen molar-refractivity contribution in [3.63, 3.8) is 0 Å². The van der Waals surface area contributed by atoms with Gasteiger partial charge in [0.05, 0.1) is 15.8 Å². The fourth-order valence-corrected chi connectivity index (χ4v) is 3.15. The van der Waals surface area contributed by atoms with Gasteiger partial charge in [-0.3, -0.25) is 9.48 Å². The maximum atomic E-state index is 12.7. The molecule has 4 nitrogen and oxygen atoms in total. The van der Waals surface area contributed by atoms with Crippen LogP contribution in [0.4, 0.5) is 5.69 Å². The number of benzene rings is 1. The number of nitrogens with zero attached hydrogens (tertiary/aromatic N) is 3. The summed E-state index contributed by atoms with van der Waals surface area (Å²) < 4.78 is 2.75. The van der Waals surface area contributed by atoms with Crippen molar-refractivity contribution in [3.05, 3.63) is 44.8 Å². The maximum Gasteiger partial charge on any atom is 0.277 e. The van der Waals surface area contributed by atoms with Gasteiger partial charge < -0.3 is 4.90 Å². The van der Waals surface area contributed by atoms with E-state index in [0.29, 0.717) is 12.2 Å². The Morgan fingerprint density at radius 1 is 1.30 bits per heavy atom. The lowest BCUT2D eigenvalue weighted by Gasteiger charge is -2.32. The highest BCUT2D eigenvalue weighted by Gasteiger charge is 2.32. The standard InChI is InChI=1S/C15H16IN3O/c1-9-4-5-12(6-10(9)2)18-8-11(3)19-14(15(18)20)13(16)7-17-19/h4-7,11H,8H2,1-3H3/t11-/m0/s1. The summed E-state index contributed by atoms with van der Waals surface area (Å²) in [5, 5.41) is 4.31. The summed E-state index contributed by atoms with van der Waals surface area (Å²) in [4.78, 5) is 14.6. The van der Waals surface area contributed by atoms with Crippen molar-refractivity contribution in [1.82, 2.24) is 9.78 Å². The second kappa shape index (κ2) is 4.87. The van der Waals surface area contributed by atoms with Crippen molar-refractivity contribution in [2.45, 2.75) is 26.8 Å². The molecule has 1 atom stereocenters. The molecule has 1 aliphatic rings. The second-order valence-electron chi connectivity index (χ2n) is 5.32. The average Bonchev–Trinajstić information content (AvgIpc) is 2.80. The van der Waals surface area contributed by atoms with Crippen LogP contribution in [0.3, 0.4) is 0 Å². The summed E-state index contributed by atoms with van der Waals surface area (Å²) in [5.41, 5.74) is 4.11. The first-order chi connectivity index (χ1) is 9.49. The molecule has 0 radical (unpaired) electrons. The topological polar surface area (TPSA) is 38.1 Å². The first kappa shape index (κ1) is 13.6. The fourth-order valence-electron chi connectivity index (χ4n) is 2.54. The predicted octanol–water partition coefficient (Wildman–Crippen LogP) is 3.33. The van der Waals surface area contributed by atoms with Crippen LogP contribution in [0.15, 0.2) is 24.4 Å². The molecule has 1 aromatic carbocycles. The van der Waals surface area contributed by atoms with Gasteiger partial charge in [-0.05, 0) is 66.6 Å². The zero-order valence-electron chi connectivity index (χ0n) is 11.7. The Bertz CT molecular complexity index is 692. The summed E-state index contributed by atoms with van der Waals surface area (Å²) in [7, 11) is 0. The molecule has 0 fully saturated rings. The Morgan fingerprint density at radius 2 is 2.05 bits per heavy atom. The number of carbonyl (C=O) groups excluding carboxylic acids is 1. The first-order valence-electron chi connectivity index (χ1n) is 6.61. The smallest absolute Gasteiger partial charge is 0.277 e. The van der Waals surface area contributed by atoms with Crippen molar-refractivity contribution < 1.29 is 4.79 Å². The molecule has 3 rings (SSSR count). The molecule has 1 aromatic heterocycles. The van der Waals surface area contributed by atoms with E-state index in [1.54, 1.807) is 6.20 Å². The Labute approximate surface area is 131 Å². The molecular weight excluding hydrogens is 365 g/mol. The molecule has 2 aromatic rings. The van der Waals surface area contributed by atoms with Crippen molar-refractivity contribution in [3.8, 4) is 0 Å². The molecule has 104 valence electrons. The van der Waals surface area contributed by atoms with Gasteiger partial charge in [0.1, 0.15) is 5.69 Å². The average molecular weight is 381 g/mol. The molecule has 2 heterocycles. The monoisotopic (exact) mass is 381 g/mol. The van der Waals surface area contributed by atoms with Gasteiger partial charge in [0, 0.05) is 12.2 Å². The van der Waals surface area contributed by atoms with Gasteiger partial charge >= 0.3 is 0 Å². The van der Waals surface area contributed by atoms with Crippen molar-refractivity contribution in [2.75, 3.05) is 11.4 Å². The van der Waals surface area contributed by atoms with Crippen LogP contribution in [-0.4, -0.2) is 22.2 Å². The molecule has 1 aliphatic heterocycles. The van der Waals surface area contributed by atoms with Crippen molar-refractivity contribution in [2.24, 2.45) is 0 Å². The molecule has 20 heavy (non-hydrogen) atoms. The van der Waals surface area contributed by atoms with E-state index in [0.717, 1.165) is 9.26 Å². The van der Waals surface area contributed by atoms with Gasteiger partial charge in [-0.15, -0.1) is 0 Å². The molecule has 0 unspecified atom stereocenters. The van der Waals surface area contributed by atoms with Crippen molar-refractivity contribution >= 4 is 34.2 Å². The normalized spacial score (nSPS) is 18.3. The van der Waals surface area contributed by atoms with Gasteiger partial charge in [0.2, 0.25) is 0 Å². The quantitative estimate of drug-likeness (QED) is 0.711. The number of aryl methyl sites for hydroxylation is 2. The van der Waals surface area contributed by atoms with E-state index in [4.69, 9.17) is 0 Å². The minimum Gasteiger partial charge on any atom is -0.305 e. The lowest BCUT2D eigenvalue weighted by molar-refractivity contribution is 0.0952. The third-order valence-corrected chi connectivity index (χ3v) is 4.65. The zero-order chi connectivity index (χ0) is 14.4. The van der Waals surface area contributed by atoms with Crippen molar-refractivity contribution in [1.29, 1.82) is 0 Å². The van der Waals surface area contributed by atoms with E-state index >= 15 is 0 Å². The number of anilines is 1. The van der Waals surface area contributed by atoms with E-state index in [9.17, 15) is 4.79 Å². The highest BCUT2D eigenvalue weighted by Crippen LogP contribution is 2.29. The molecule has 0 spiro atoms. The SMILES string of the molecule is Cc1ccc(N2C[C@H](C)n3ncc(I)c3C2=O)cc1C. The number of hydrogen-bond donors (Lipinski definition) is 0. The molecular formula is C15H16IN3O. The van der Waals surface area contributed by atoms with E-state index in [2.05, 4.69) is 60.6 Å². The van der Waals surface area contributed by atoms with Crippen LogP contribution in [-0.2, 0) is 0 Å². The zero-order valence-corrected chi connectivity index (χ0v) is 13.9. The van der Waals surface area contributed by atoms with Crippen LogP contribution in [0, 0.1) is 17.4 Å². The minimum absolute atomic E-state index is 0.0354. The van der Waals surface area contributed by atoms with Gasteiger partial charge in [0.15, 0.2) is 0 Å². The number of amides is 1. The van der Waals surface area contributed by atoms with Crippen LogP contribution < -0.4 is 4.90 Å². The number of hydrogen-bond acceptors (Lipinski definition) is 2. The van der Waals surface area contributed by atoms with Crippen LogP contribution in [0.25, 0.3) is 0 Å². The molecule has 0 bridgehead atoms. The van der Waals surface area contributed by atoms with Gasteiger partial charge in [0.25, 0.3) is 5.91 Å². The predicted molar refractivity (Wildman–Crippen MR) is 87.2 cm³/mol. The summed E-state index contributed by atoms with van der Waals surface area (Å²) in [6.45, 7) is 6.90. The lowest BCUT2D eigenvalue weighted by Crippen LogP contribution is -2.43. The number of fused-ring (bicyclic) bond motifs is 1. The van der Waals surface area contributed by atoms with E-state index in [1.165, 1.54) is 11.1 Å².